The van der Waals surface area contributed by atoms with Gasteiger partial charge in [-0.15, -0.1) is 0 Å². The minimum absolute atomic E-state index is 0.0577. The van der Waals surface area contributed by atoms with Gasteiger partial charge in [-0.2, -0.15) is 0 Å². The number of rotatable bonds is 6. The Morgan fingerprint density at radius 1 is 0.645 bits per heavy atom. The quantitative estimate of drug-likeness (QED) is 0.429. The first kappa shape index (κ1) is 20.6. The van der Waals surface area contributed by atoms with Crippen molar-refractivity contribution in [2.75, 3.05) is 9.44 Å². The van der Waals surface area contributed by atoms with E-state index in [0.717, 1.165) is 6.07 Å². The molecular weight excluding hydrogens is 440 g/mol. The van der Waals surface area contributed by atoms with Crippen LogP contribution < -0.4 is 15.1 Å². The highest BCUT2D eigenvalue weighted by Crippen LogP contribution is 2.23. The number of hydrogen-bond acceptors (Lipinski definition) is 6. The lowest BCUT2D eigenvalue weighted by atomic mass is 10.2. The van der Waals surface area contributed by atoms with Crippen molar-refractivity contribution in [1.29, 1.82) is 0 Å². The maximum atomic E-state index is 12.7. The maximum absolute atomic E-state index is 12.7. The maximum Gasteiger partial charge on any atom is 0.357 e. The molecule has 0 fully saturated rings. The molecule has 10 heteroatoms. The number of para-hydroxylation sites is 2. The van der Waals surface area contributed by atoms with Crippen LogP contribution in [0.15, 0.2) is 104 Å². The van der Waals surface area contributed by atoms with Crippen molar-refractivity contribution < 1.29 is 21.3 Å². The molecule has 1 aromatic heterocycles. The van der Waals surface area contributed by atoms with Crippen LogP contribution in [0, 0.1) is 0 Å². The molecule has 0 aliphatic heterocycles. The smallest absolute Gasteiger partial charge is 0.357 e. The van der Waals surface area contributed by atoms with Gasteiger partial charge in [0.1, 0.15) is 5.58 Å². The van der Waals surface area contributed by atoms with Gasteiger partial charge in [-0.25, -0.2) is 21.6 Å². The van der Waals surface area contributed by atoms with Crippen molar-refractivity contribution in [2.45, 2.75) is 9.79 Å². The van der Waals surface area contributed by atoms with Gasteiger partial charge < -0.3 is 4.42 Å². The summed E-state index contributed by atoms with van der Waals surface area (Å²) in [4.78, 5) is 11.5. The first-order valence-electron chi connectivity index (χ1n) is 8.98. The first-order valence-corrected chi connectivity index (χ1v) is 11.9. The van der Waals surface area contributed by atoms with Crippen LogP contribution in [0.4, 0.5) is 11.4 Å². The standard InChI is InChI=1S/C21H16N2O6S2/c24-21-20(31(27,28)23-17-9-5-2-6-10-17)14-15-13-18(11-12-19(15)29-21)30(25,26)22-16-7-3-1-4-8-16/h1-14,22-23H. The number of fused-ring (bicyclic) bond motifs is 1. The summed E-state index contributed by atoms with van der Waals surface area (Å²) < 4.78 is 60.6. The van der Waals surface area contributed by atoms with Crippen LogP contribution in [0.2, 0.25) is 0 Å². The topological polar surface area (TPSA) is 123 Å². The molecule has 0 saturated carbocycles. The average Bonchev–Trinajstić information content (AvgIpc) is 2.73. The largest absolute Gasteiger partial charge is 0.422 e. The summed E-state index contributed by atoms with van der Waals surface area (Å²) in [6, 6.07) is 21.3. The summed E-state index contributed by atoms with van der Waals surface area (Å²) in [6.07, 6.45) is 0. The second kappa shape index (κ2) is 7.89. The molecule has 0 aliphatic rings. The van der Waals surface area contributed by atoms with Gasteiger partial charge in [-0.05, 0) is 48.5 Å². The lowest BCUT2D eigenvalue weighted by molar-refractivity contribution is 0.533. The SMILES string of the molecule is O=c1oc2ccc(S(=O)(=O)Nc3ccccc3)cc2cc1S(=O)(=O)Nc1ccccc1. The molecule has 0 atom stereocenters. The zero-order chi connectivity index (χ0) is 22.1. The van der Waals surface area contributed by atoms with Crippen LogP contribution in [0.25, 0.3) is 11.0 Å². The summed E-state index contributed by atoms with van der Waals surface area (Å²) in [6.45, 7) is 0. The molecule has 158 valence electrons. The predicted molar refractivity (Wildman–Crippen MR) is 117 cm³/mol. The molecule has 0 aliphatic carbocycles. The van der Waals surface area contributed by atoms with E-state index >= 15 is 0 Å². The highest BCUT2D eigenvalue weighted by Gasteiger charge is 2.22. The van der Waals surface area contributed by atoms with E-state index in [1.165, 1.54) is 30.3 Å². The highest BCUT2D eigenvalue weighted by molar-refractivity contribution is 7.93. The summed E-state index contributed by atoms with van der Waals surface area (Å²) in [5.74, 6) is 0. The summed E-state index contributed by atoms with van der Waals surface area (Å²) >= 11 is 0. The Kier molecular flexibility index (Phi) is 5.25. The fourth-order valence-electron chi connectivity index (χ4n) is 2.87. The summed E-state index contributed by atoms with van der Waals surface area (Å²) in [7, 11) is -8.20. The third-order valence-electron chi connectivity index (χ3n) is 4.32. The second-order valence-electron chi connectivity index (χ2n) is 6.54. The molecule has 4 aromatic rings. The molecule has 3 aromatic carbocycles. The first-order chi connectivity index (χ1) is 14.7. The second-order valence-corrected chi connectivity index (χ2v) is 9.87. The minimum Gasteiger partial charge on any atom is -0.422 e. The number of benzene rings is 3. The molecule has 8 nitrogen and oxygen atoms in total. The zero-order valence-electron chi connectivity index (χ0n) is 15.8. The van der Waals surface area contributed by atoms with Gasteiger partial charge in [-0.3, -0.25) is 9.44 Å². The molecule has 0 unspecified atom stereocenters. The van der Waals surface area contributed by atoms with Crippen LogP contribution in [-0.4, -0.2) is 16.8 Å². The highest BCUT2D eigenvalue weighted by atomic mass is 32.2. The summed E-state index contributed by atoms with van der Waals surface area (Å²) in [5.41, 5.74) is -0.362. The van der Waals surface area contributed by atoms with Gasteiger partial charge in [0.2, 0.25) is 0 Å². The summed E-state index contributed by atoms with van der Waals surface area (Å²) in [5, 5.41) is 0.143. The Morgan fingerprint density at radius 2 is 1.19 bits per heavy atom. The molecule has 0 spiro atoms. The lowest BCUT2D eigenvalue weighted by Gasteiger charge is -2.10. The number of nitrogens with one attached hydrogen (secondary N) is 2. The Morgan fingerprint density at radius 3 is 1.77 bits per heavy atom. The molecule has 0 saturated heterocycles. The molecule has 1 heterocycles. The van der Waals surface area contributed by atoms with Crippen LogP contribution in [0.1, 0.15) is 0 Å². The molecule has 31 heavy (non-hydrogen) atoms. The molecule has 0 amide bonds. The minimum atomic E-state index is -4.25. The van der Waals surface area contributed by atoms with E-state index in [4.69, 9.17) is 4.42 Å². The lowest BCUT2D eigenvalue weighted by Crippen LogP contribution is -2.20. The third-order valence-corrected chi connectivity index (χ3v) is 7.07. The number of sulfonamides is 2. The van der Waals surface area contributed by atoms with E-state index in [2.05, 4.69) is 9.44 Å². The van der Waals surface area contributed by atoms with Crippen molar-refractivity contribution in [3.05, 3.63) is 95.3 Å². The van der Waals surface area contributed by atoms with E-state index < -0.39 is 30.6 Å². The third kappa shape index (κ3) is 4.44. The van der Waals surface area contributed by atoms with E-state index in [1.54, 1.807) is 48.5 Å². The van der Waals surface area contributed by atoms with Gasteiger partial charge in [0.25, 0.3) is 20.0 Å². The Labute approximate surface area is 178 Å². The Bertz CT molecular complexity index is 1510. The van der Waals surface area contributed by atoms with Gasteiger partial charge in [-0.1, -0.05) is 36.4 Å². The number of hydrogen-bond donors (Lipinski definition) is 2. The van der Waals surface area contributed by atoms with Crippen molar-refractivity contribution in [1.82, 2.24) is 0 Å². The van der Waals surface area contributed by atoms with Gasteiger partial charge in [0.05, 0.1) is 4.90 Å². The van der Waals surface area contributed by atoms with Crippen molar-refractivity contribution >= 4 is 42.4 Å². The molecule has 0 radical (unpaired) electrons. The fraction of sp³-hybridized carbons (Fsp3) is 0. The van der Waals surface area contributed by atoms with Crippen LogP contribution in [-0.2, 0) is 20.0 Å². The molecule has 4 rings (SSSR count). The van der Waals surface area contributed by atoms with E-state index in [1.807, 2.05) is 0 Å². The molecule has 0 bridgehead atoms. The Hall–Kier alpha value is -3.63. The number of anilines is 2. The average molecular weight is 457 g/mol. The zero-order valence-corrected chi connectivity index (χ0v) is 17.5. The van der Waals surface area contributed by atoms with Crippen LogP contribution >= 0.6 is 0 Å². The van der Waals surface area contributed by atoms with Gasteiger partial charge >= 0.3 is 5.63 Å². The van der Waals surface area contributed by atoms with E-state index in [9.17, 15) is 21.6 Å². The Balaban J connectivity index is 1.75. The van der Waals surface area contributed by atoms with Crippen molar-refractivity contribution in [3.63, 3.8) is 0 Å². The van der Waals surface area contributed by atoms with E-state index in [-0.39, 0.29) is 21.6 Å². The predicted octanol–water partition coefficient (Wildman–Crippen LogP) is 3.39. The van der Waals surface area contributed by atoms with Crippen LogP contribution in [0.3, 0.4) is 0 Å². The van der Waals surface area contributed by atoms with Crippen LogP contribution in [0.5, 0.6) is 0 Å². The fourth-order valence-corrected chi connectivity index (χ4v) is 5.07. The van der Waals surface area contributed by atoms with E-state index in [0.29, 0.717) is 5.69 Å². The normalized spacial score (nSPS) is 11.9. The van der Waals surface area contributed by atoms with Crippen molar-refractivity contribution in [3.8, 4) is 0 Å². The molecule has 2 N–H and O–H groups in total. The van der Waals surface area contributed by atoms with Crippen molar-refractivity contribution in [2.24, 2.45) is 0 Å². The monoisotopic (exact) mass is 456 g/mol. The van der Waals surface area contributed by atoms with Gasteiger partial charge in [0.15, 0.2) is 4.90 Å². The molecular formula is C21H16N2O6S2. The van der Waals surface area contributed by atoms with Gasteiger partial charge in [0, 0.05) is 16.8 Å².